The van der Waals surface area contributed by atoms with E-state index < -0.39 is 0 Å². The second kappa shape index (κ2) is 4.61. The molecule has 1 amide bonds. The largest absolute Gasteiger partial charge is 0.307 e. The zero-order chi connectivity index (χ0) is 11.4. The molecule has 82 valence electrons. The third-order valence-electron chi connectivity index (χ3n) is 2.39. The molecule has 1 aromatic heterocycles. The van der Waals surface area contributed by atoms with Crippen LogP contribution >= 0.6 is 0 Å². The molecule has 0 saturated heterocycles. The number of amides is 1. The van der Waals surface area contributed by atoms with Crippen LogP contribution in [-0.2, 0) is 6.42 Å². The monoisotopic (exact) mass is 215 g/mol. The minimum Gasteiger partial charge on any atom is -0.307 e. The molecular weight excluding hydrogens is 202 g/mol. The van der Waals surface area contributed by atoms with Crippen molar-refractivity contribution in [3.63, 3.8) is 0 Å². The maximum atomic E-state index is 11.9. The van der Waals surface area contributed by atoms with E-state index in [-0.39, 0.29) is 5.91 Å². The molecular formula is C12H13N3O. The Morgan fingerprint density at radius 3 is 2.88 bits per heavy atom. The molecule has 0 bridgehead atoms. The molecule has 0 aliphatic heterocycles. The molecule has 0 fully saturated rings. The molecule has 0 saturated carbocycles. The van der Waals surface area contributed by atoms with Crippen LogP contribution in [0.1, 0.15) is 22.8 Å². The molecule has 4 nitrogen and oxygen atoms in total. The van der Waals surface area contributed by atoms with Gasteiger partial charge in [-0.05, 0) is 18.1 Å². The maximum absolute atomic E-state index is 11.9. The van der Waals surface area contributed by atoms with Crippen molar-refractivity contribution in [3.05, 3.63) is 47.7 Å². The summed E-state index contributed by atoms with van der Waals surface area (Å²) in [6, 6.07) is 9.30. The lowest BCUT2D eigenvalue weighted by Gasteiger charge is -2.06. The van der Waals surface area contributed by atoms with Crippen LogP contribution in [0.25, 0.3) is 0 Å². The van der Waals surface area contributed by atoms with Crippen molar-refractivity contribution < 1.29 is 4.79 Å². The number of aryl methyl sites for hydroxylation is 1. The van der Waals surface area contributed by atoms with Crippen molar-refractivity contribution in [2.45, 2.75) is 13.3 Å². The number of carbonyl (C=O) groups excluding carboxylic acids is 1. The average Bonchev–Trinajstić information content (AvgIpc) is 2.81. The summed E-state index contributed by atoms with van der Waals surface area (Å²) in [5.74, 6) is 0.498. The Kier molecular flexibility index (Phi) is 3.00. The number of rotatable bonds is 3. The molecule has 2 N–H and O–H groups in total. The zero-order valence-corrected chi connectivity index (χ0v) is 9.03. The number of hydrogen-bond acceptors (Lipinski definition) is 2. The number of hydrogen-bond donors (Lipinski definition) is 2. The van der Waals surface area contributed by atoms with Gasteiger partial charge in [0.15, 0.2) is 0 Å². The summed E-state index contributed by atoms with van der Waals surface area (Å²) in [6.07, 6.45) is 2.44. The first kappa shape index (κ1) is 10.4. The Hall–Kier alpha value is -2.10. The van der Waals surface area contributed by atoms with Crippen molar-refractivity contribution >= 4 is 11.7 Å². The van der Waals surface area contributed by atoms with Gasteiger partial charge in [-0.3, -0.25) is 9.89 Å². The number of anilines is 1. The molecule has 16 heavy (non-hydrogen) atoms. The molecule has 4 heteroatoms. The predicted octanol–water partition coefficient (Wildman–Crippen LogP) is 2.22. The van der Waals surface area contributed by atoms with E-state index in [1.165, 1.54) is 0 Å². The molecule has 0 spiro atoms. The van der Waals surface area contributed by atoms with Gasteiger partial charge in [0.2, 0.25) is 0 Å². The van der Waals surface area contributed by atoms with Gasteiger partial charge in [0.25, 0.3) is 5.91 Å². The van der Waals surface area contributed by atoms with Gasteiger partial charge in [0.1, 0.15) is 5.82 Å². The Morgan fingerprint density at radius 2 is 2.19 bits per heavy atom. The summed E-state index contributed by atoms with van der Waals surface area (Å²) in [5, 5.41) is 9.22. The van der Waals surface area contributed by atoms with Gasteiger partial charge < -0.3 is 5.32 Å². The molecule has 2 rings (SSSR count). The van der Waals surface area contributed by atoms with Crippen LogP contribution in [0.15, 0.2) is 36.5 Å². The first-order chi connectivity index (χ1) is 7.81. The van der Waals surface area contributed by atoms with Gasteiger partial charge in [0, 0.05) is 11.6 Å². The minimum absolute atomic E-state index is 0.110. The van der Waals surface area contributed by atoms with Crippen molar-refractivity contribution in [2.75, 3.05) is 5.32 Å². The lowest BCUT2D eigenvalue weighted by Crippen LogP contribution is -2.14. The van der Waals surface area contributed by atoms with Crippen LogP contribution in [0, 0.1) is 0 Å². The number of H-pyrrole nitrogens is 1. The Labute approximate surface area is 93.7 Å². The third-order valence-corrected chi connectivity index (χ3v) is 2.39. The summed E-state index contributed by atoms with van der Waals surface area (Å²) >= 11 is 0. The zero-order valence-electron chi connectivity index (χ0n) is 9.03. The number of carbonyl (C=O) groups is 1. The van der Waals surface area contributed by atoms with Crippen molar-refractivity contribution in [3.8, 4) is 0 Å². The number of aromatic nitrogens is 2. The van der Waals surface area contributed by atoms with E-state index in [0.29, 0.717) is 11.4 Å². The highest BCUT2D eigenvalue weighted by Gasteiger charge is 2.09. The predicted molar refractivity (Wildman–Crippen MR) is 62.4 cm³/mol. The van der Waals surface area contributed by atoms with Crippen LogP contribution in [0.5, 0.6) is 0 Å². The summed E-state index contributed by atoms with van der Waals surface area (Å²) in [5.41, 5.74) is 1.75. The highest BCUT2D eigenvalue weighted by Crippen LogP contribution is 2.11. The molecule has 0 atom stereocenters. The average molecular weight is 215 g/mol. The number of benzene rings is 1. The summed E-state index contributed by atoms with van der Waals surface area (Å²) in [7, 11) is 0. The first-order valence-corrected chi connectivity index (χ1v) is 5.20. The van der Waals surface area contributed by atoms with Crippen molar-refractivity contribution in [1.29, 1.82) is 0 Å². The van der Waals surface area contributed by atoms with E-state index in [1.54, 1.807) is 12.3 Å². The maximum Gasteiger partial charge on any atom is 0.257 e. The van der Waals surface area contributed by atoms with Gasteiger partial charge in [-0.25, -0.2) is 0 Å². The smallest absolute Gasteiger partial charge is 0.257 e. The lowest BCUT2D eigenvalue weighted by atomic mass is 10.0. The quantitative estimate of drug-likeness (QED) is 0.824. The highest BCUT2D eigenvalue weighted by atomic mass is 16.1. The molecule has 0 aliphatic rings. The van der Waals surface area contributed by atoms with Gasteiger partial charge in [0.05, 0.1) is 6.20 Å². The van der Waals surface area contributed by atoms with Crippen LogP contribution < -0.4 is 5.32 Å². The third kappa shape index (κ3) is 2.11. The lowest BCUT2D eigenvalue weighted by molar-refractivity contribution is 0.102. The van der Waals surface area contributed by atoms with Crippen LogP contribution in [-0.4, -0.2) is 16.1 Å². The van der Waals surface area contributed by atoms with Crippen molar-refractivity contribution in [1.82, 2.24) is 10.2 Å². The topological polar surface area (TPSA) is 57.8 Å². The first-order valence-electron chi connectivity index (χ1n) is 5.20. The molecule has 0 unspecified atom stereocenters. The Balaban J connectivity index is 2.21. The molecule has 0 aliphatic carbocycles. The molecule has 2 aromatic rings. The summed E-state index contributed by atoms with van der Waals surface area (Å²) in [6.45, 7) is 2.03. The highest BCUT2D eigenvalue weighted by molar-refractivity contribution is 6.04. The SMILES string of the molecule is CCc1ccccc1C(=O)Nc1ccn[nH]1. The number of nitrogens with one attached hydrogen (secondary N) is 2. The van der Waals surface area contributed by atoms with Gasteiger partial charge >= 0.3 is 0 Å². The van der Waals surface area contributed by atoms with Crippen LogP contribution in [0.4, 0.5) is 5.82 Å². The van der Waals surface area contributed by atoms with E-state index in [0.717, 1.165) is 12.0 Å². The van der Waals surface area contributed by atoms with Crippen LogP contribution in [0.2, 0.25) is 0 Å². The van der Waals surface area contributed by atoms with E-state index in [2.05, 4.69) is 15.5 Å². The number of nitrogens with zero attached hydrogens (tertiary/aromatic N) is 1. The van der Waals surface area contributed by atoms with E-state index in [4.69, 9.17) is 0 Å². The minimum atomic E-state index is -0.110. The summed E-state index contributed by atoms with van der Waals surface area (Å²) < 4.78 is 0. The van der Waals surface area contributed by atoms with E-state index in [1.807, 2.05) is 31.2 Å². The van der Waals surface area contributed by atoms with Gasteiger partial charge in [-0.15, -0.1) is 0 Å². The second-order valence-corrected chi connectivity index (χ2v) is 3.44. The van der Waals surface area contributed by atoms with Gasteiger partial charge in [-0.2, -0.15) is 5.10 Å². The van der Waals surface area contributed by atoms with Crippen LogP contribution in [0.3, 0.4) is 0 Å². The Bertz CT molecular complexity index is 477. The molecule has 1 aromatic carbocycles. The van der Waals surface area contributed by atoms with E-state index >= 15 is 0 Å². The normalized spacial score (nSPS) is 10.1. The fraction of sp³-hybridized carbons (Fsp3) is 0.167. The second-order valence-electron chi connectivity index (χ2n) is 3.44. The van der Waals surface area contributed by atoms with Gasteiger partial charge in [-0.1, -0.05) is 25.1 Å². The molecule has 0 radical (unpaired) electrons. The fourth-order valence-corrected chi connectivity index (χ4v) is 1.57. The standard InChI is InChI=1S/C12H13N3O/c1-2-9-5-3-4-6-10(9)12(16)14-11-7-8-13-15-11/h3-8H,2H2,1H3,(H2,13,14,15,16). The molecule has 1 heterocycles. The van der Waals surface area contributed by atoms with Crippen molar-refractivity contribution in [2.24, 2.45) is 0 Å². The fourth-order valence-electron chi connectivity index (χ4n) is 1.57. The summed E-state index contributed by atoms with van der Waals surface area (Å²) in [4.78, 5) is 11.9. The van der Waals surface area contributed by atoms with E-state index in [9.17, 15) is 4.79 Å². The Morgan fingerprint density at radius 1 is 1.38 bits per heavy atom. The number of aromatic amines is 1.